The van der Waals surface area contributed by atoms with Crippen molar-refractivity contribution in [3.05, 3.63) is 71.5 Å². The maximum absolute atomic E-state index is 12.6. The van der Waals surface area contributed by atoms with Crippen LogP contribution < -0.4 is 5.32 Å². The van der Waals surface area contributed by atoms with Gasteiger partial charge in [-0.1, -0.05) is 42.1 Å². The summed E-state index contributed by atoms with van der Waals surface area (Å²) in [7, 11) is 0. The van der Waals surface area contributed by atoms with Crippen molar-refractivity contribution in [2.24, 2.45) is 0 Å². The first-order chi connectivity index (χ1) is 15.2. The van der Waals surface area contributed by atoms with Crippen LogP contribution in [0.1, 0.15) is 23.4 Å². The Morgan fingerprint density at radius 2 is 1.97 bits per heavy atom. The lowest BCUT2D eigenvalue weighted by Gasteiger charge is -2.08. The molecule has 4 aromatic rings. The first kappa shape index (κ1) is 19.6. The van der Waals surface area contributed by atoms with Crippen LogP contribution in [0.25, 0.3) is 16.9 Å². The number of hydrogen-bond donors (Lipinski definition) is 2. The number of para-hydroxylation sites is 1. The lowest BCUT2D eigenvalue weighted by atomic mass is 10.0. The van der Waals surface area contributed by atoms with Gasteiger partial charge in [0.05, 0.1) is 17.1 Å². The molecular weight excluding hydrogens is 408 g/mol. The van der Waals surface area contributed by atoms with Crippen LogP contribution in [0.4, 0.5) is 5.82 Å². The number of benzene rings is 2. The third-order valence-corrected chi connectivity index (χ3v) is 6.13. The van der Waals surface area contributed by atoms with Gasteiger partial charge >= 0.3 is 0 Å². The normalized spacial score (nSPS) is 12.7. The number of aromatic amines is 1. The highest BCUT2D eigenvalue weighted by Gasteiger charge is 2.17. The first-order valence-electron chi connectivity index (χ1n) is 10.2. The van der Waals surface area contributed by atoms with Gasteiger partial charge < -0.3 is 5.32 Å². The van der Waals surface area contributed by atoms with E-state index in [1.807, 2.05) is 43.3 Å². The van der Waals surface area contributed by atoms with E-state index in [1.165, 1.54) is 29.3 Å². The molecule has 0 radical (unpaired) electrons. The summed E-state index contributed by atoms with van der Waals surface area (Å²) in [6.45, 7) is 1.83. The van der Waals surface area contributed by atoms with E-state index in [0.717, 1.165) is 35.6 Å². The lowest BCUT2D eigenvalue weighted by molar-refractivity contribution is -0.113. The highest BCUT2D eigenvalue weighted by atomic mass is 32.2. The number of aromatic nitrogens is 5. The Labute approximate surface area is 184 Å². The molecule has 1 aliphatic rings. The second-order valence-corrected chi connectivity index (χ2v) is 8.48. The van der Waals surface area contributed by atoms with Gasteiger partial charge in [0.25, 0.3) is 0 Å². The molecule has 1 aliphatic carbocycles. The molecule has 7 nitrogen and oxygen atoms in total. The molecule has 0 fully saturated rings. The molecule has 0 unspecified atom stereocenters. The zero-order valence-corrected chi connectivity index (χ0v) is 17.9. The summed E-state index contributed by atoms with van der Waals surface area (Å²) in [5, 5.41) is 15.2. The van der Waals surface area contributed by atoms with E-state index in [-0.39, 0.29) is 11.7 Å². The predicted octanol–water partition coefficient (Wildman–Crippen LogP) is 4.19. The molecule has 2 aromatic heterocycles. The minimum atomic E-state index is -0.134. The van der Waals surface area contributed by atoms with Crippen LogP contribution in [-0.2, 0) is 17.6 Å². The van der Waals surface area contributed by atoms with Crippen molar-refractivity contribution in [2.75, 3.05) is 11.1 Å². The van der Waals surface area contributed by atoms with Gasteiger partial charge in [0.2, 0.25) is 11.1 Å². The standard InChI is InChI=1S/C23H22N6OS/c1-15-24-23(27-26-15)31-14-22(30)25-21-13-20(28-29(21)19-8-3-2-4-9-19)18-11-10-16-6-5-7-17(16)12-18/h2-4,8-13H,5-7,14H2,1H3,(H,25,30)(H,24,26,27). The van der Waals surface area contributed by atoms with Crippen molar-refractivity contribution in [1.82, 2.24) is 25.0 Å². The number of hydrogen-bond acceptors (Lipinski definition) is 5. The molecule has 156 valence electrons. The quantitative estimate of drug-likeness (QED) is 0.448. The first-order valence-corrected chi connectivity index (χ1v) is 11.2. The fourth-order valence-electron chi connectivity index (χ4n) is 3.80. The number of carbonyl (C=O) groups is 1. The van der Waals surface area contributed by atoms with E-state index in [1.54, 1.807) is 4.68 Å². The highest BCUT2D eigenvalue weighted by Crippen LogP contribution is 2.30. The highest BCUT2D eigenvalue weighted by molar-refractivity contribution is 7.99. The number of carbonyl (C=O) groups excluding carboxylic acids is 1. The van der Waals surface area contributed by atoms with Crippen molar-refractivity contribution < 1.29 is 4.79 Å². The Bertz CT molecular complexity index is 1230. The summed E-state index contributed by atoms with van der Waals surface area (Å²) in [6, 6.07) is 18.3. The lowest BCUT2D eigenvalue weighted by Crippen LogP contribution is -2.17. The van der Waals surface area contributed by atoms with E-state index in [0.29, 0.717) is 11.0 Å². The largest absolute Gasteiger partial charge is 0.310 e. The number of rotatable bonds is 6. The average molecular weight is 431 g/mol. The summed E-state index contributed by atoms with van der Waals surface area (Å²) < 4.78 is 1.78. The van der Waals surface area contributed by atoms with Gasteiger partial charge in [-0.3, -0.25) is 9.89 Å². The summed E-state index contributed by atoms with van der Waals surface area (Å²) in [6.07, 6.45) is 3.47. The van der Waals surface area contributed by atoms with Gasteiger partial charge in [0.15, 0.2) is 0 Å². The summed E-state index contributed by atoms with van der Waals surface area (Å²) in [4.78, 5) is 16.9. The molecule has 8 heteroatoms. The van der Waals surface area contributed by atoms with Crippen molar-refractivity contribution >= 4 is 23.5 Å². The fourth-order valence-corrected chi connectivity index (χ4v) is 4.45. The van der Waals surface area contributed by atoms with Crippen LogP contribution in [0.2, 0.25) is 0 Å². The number of anilines is 1. The zero-order chi connectivity index (χ0) is 21.2. The maximum Gasteiger partial charge on any atom is 0.236 e. The smallest absolute Gasteiger partial charge is 0.236 e. The van der Waals surface area contributed by atoms with E-state index in [2.05, 4.69) is 38.7 Å². The Morgan fingerprint density at radius 1 is 1.13 bits per heavy atom. The maximum atomic E-state index is 12.6. The van der Waals surface area contributed by atoms with Gasteiger partial charge in [-0.25, -0.2) is 9.67 Å². The van der Waals surface area contributed by atoms with Crippen LogP contribution in [0.3, 0.4) is 0 Å². The molecule has 2 heterocycles. The number of fused-ring (bicyclic) bond motifs is 1. The molecule has 2 N–H and O–H groups in total. The average Bonchev–Trinajstić information content (AvgIpc) is 3.52. The monoisotopic (exact) mass is 430 g/mol. The van der Waals surface area contributed by atoms with Crippen LogP contribution in [0.5, 0.6) is 0 Å². The number of aryl methyl sites for hydroxylation is 3. The number of nitrogens with one attached hydrogen (secondary N) is 2. The van der Waals surface area contributed by atoms with Crippen LogP contribution in [0.15, 0.2) is 59.8 Å². The molecule has 1 amide bonds. The number of H-pyrrole nitrogens is 1. The second kappa shape index (κ2) is 8.39. The molecule has 0 bridgehead atoms. The molecule has 0 aliphatic heterocycles. The third-order valence-electron chi connectivity index (χ3n) is 5.28. The molecule has 5 rings (SSSR count). The second-order valence-electron chi connectivity index (χ2n) is 7.54. The minimum Gasteiger partial charge on any atom is -0.310 e. The Balaban J connectivity index is 1.42. The molecule has 0 spiro atoms. The third kappa shape index (κ3) is 4.25. The van der Waals surface area contributed by atoms with E-state index in [4.69, 9.17) is 5.10 Å². The summed E-state index contributed by atoms with van der Waals surface area (Å²) in [5.41, 5.74) is 5.62. The molecule has 2 aromatic carbocycles. The van der Waals surface area contributed by atoms with Gasteiger partial charge in [-0.05, 0) is 55.5 Å². The van der Waals surface area contributed by atoms with Crippen molar-refractivity contribution in [3.63, 3.8) is 0 Å². The van der Waals surface area contributed by atoms with Crippen molar-refractivity contribution in [1.29, 1.82) is 0 Å². The fraction of sp³-hybridized carbons (Fsp3) is 0.217. The van der Waals surface area contributed by atoms with Crippen molar-refractivity contribution in [3.8, 4) is 16.9 Å². The van der Waals surface area contributed by atoms with Gasteiger partial charge in [-0.2, -0.15) is 5.10 Å². The van der Waals surface area contributed by atoms with Crippen LogP contribution in [0, 0.1) is 6.92 Å². The molecule has 31 heavy (non-hydrogen) atoms. The minimum absolute atomic E-state index is 0.134. The number of amides is 1. The van der Waals surface area contributed by atoms with Gasteiger partial charge in [-0.15, -0.1) is 5.10 Å². The van der Waals surface area contributed by atoms with E-state index in [9.17, 15) is 4.79 Å². The Kier molecular flexibility index (Phi) is 5.30. The van der Waals surface area contributed by atoms with Crippen molar-refractivity contribution in [2.45, 2.75) is 31.3 Å². The molecule has 0 saturated carbocycles. The summed E-state index contributed by atoms with van der Waals surface area (Å²) in [5.74, 6) is 1.44. The Hall–Kier alpha value is -3.39. The topological polar surface area (TPSA) is 88.5 Å². The predicted molar refractivity (Wildman–Crippen MR) is 121 cm³/mol. The number of nitrogens with zero attached hydrogens (tertiary/aromatic N) is 4. The van der Waals surface area contributed by atoms with E-state index < -0.39 is 0 Å². The van der Waals surface area contributed by atoms with Crippen LogP contribution in [-0.4, -0.2) is 36.6 Å². The molecule has 0 atom stereocenters. The SMILES string of the molecule is Cc1nc(SCC(=O)Nc2cc(-c3ccc4c(c3)CCC4)nn2-c2ccccc2)n[nH]1. The molecule has 0 saturated heterocycles. The number of thioether (sulfide) groups is 1. The van der Waals surface area contributed by atoms with Gasteiger partial charge in [0, 0.05) is 11.6 Å². The van der Waals surface area contributed by atoms with Gasteiger partial charge in [0.1, 0.15) is 11.6 Å². The van der Waals surface area contributed by atoms with E-state index >= 15 is 0 Å². The zero-order valence-electron chi connectivity index (χ0n) is 17.1. The summed E-state index contributed by atoms with van der Waals surface area (Å²) >= 11 is 1.29. The van der Waals surface area contributed by atoms with Crippen LogP contribution >= 0.6 is 11.8 Å². The Morgan fingerprint density at radius 3 is 2.77 bits per heavy atom. The molecular formula is C23H22N6OS.